The normalized spacial score (nSPS) is 12.0. The van der Waals surface area contributed by atoms with Crippen LogP contribution < -0.4 is 20.7 Å². The molecule has 0 fully saturated rings. The Kier molecular flexibility index (Phi) is 4.94. The van der Waals surface area contributed by atoms with E-state index >= 15 is 0 Å². The van der Waals surface area contributed by atoms with Crippen molar-refractivity contribution in [2.45, 2.75) is 6.04 Å². The molecule has 0 aliphatic carbocycles. The Balaban J connectivity index is 2.49. The van der Waals surface area contributed by atoms with Crippen LogP contribution in [0.4, 0.5) is 0 Å². The number of rotatable bonds is 5. The lowest BCUT2D eigenvalue weighted by Gasteiger charge is -2.20. The van der Waals surface area contributed by atoms with Gasteiger partial charge in [-0.15, -0.1) is 0 Å². The smallest absolute Gasteiger partial charge is 0.127 e. The van der Waals surface area contributed by atoms with Crippen molar-refractivity contribution in [1.29, 1.82) is 0 Å². The van der Waals surface area contributed by atoms with Gasteiger partial charge in [-0.25, -0.2) is 5.43 Å². The minimum Gasteiger partial charge on any atom is -0.497 e. The summed E-state index contributed by atoms with van der Waals surface area (Å²) in [6.07, 6.45) is 1.72. The molecule has 1 atom stereocenters. The monoisotopic (exact) mass is 337 g/mol. The largest absolute Gasteiger partial charge is 0.497 e. The van der Waals surface area contributed by atoms with Crippen LogP contribution in [0.25, 0.3) is 0 Å². The van der Waals surface area contributed by atoms with E-state index in [0.717, 1.165) is 21.5 Å². The first-order chi connectivity index (χ1) is 9.71. The Bertz CT molecular complexity index is 592. The highest BCUT2D eigenvalue weighted by atomic mass is 79.9. The number of halogens is 1. The summed E-state index contributed by atoms with van der Waals surface area (Å²) in [5.74, 6) is 7.11. The van der Waals surface area contributed by atoms with E-state index in [9.17, 15) is 0 Å². The van der Waals surface area contributed by atoms with Crippen LogP contribution in [0.3, 0.4) is 0 Å². The van der Waals surface area contributed by atoms with Crippen molar-refractivity contribution >= 4 is 15.9 Å². The van der Waals surface area contributed by atoms with Gasteiger partial charge in [0.05, 0.1) is 26.0 Å². The molecule has 1 unspecified atom stereocenters. The second-order valence-electron chi connectivity index (χ2n) is 4.08. The summed E-state index contributed by atoms with van der Waals surface area (Å²) < 4.78 is 11.5. The molecule has 106 valence electrons. The molecule has 0 amide bonds. The minimum absolute atomic E-state index is 0.286. The summed E-state index contributed by atoms with van der Waals surface area (Å²) in [7, 11) is 3.22. The van der Waals surface area contributed by atoms with Gasteiger partial charge in [0.2, 0.25) is 0 Å². The fraction of sp³-hybridized carbons (Fsp3) is 0.214. The lowest BCUT2D eigenvalue weighted by molar-refractivity contribution is 0.387. The SMILES string of the molecule is COc1ccc(C(NN)c2ncccc2Br)c(OC)c1. The quantitative estimate of drug-likeness (QED) is 0.647. The first kappa shape index (κ1) is 14.8. The van der Waals surface area contributed by atoms with Gasteiger partial charge in [-0.05, 0) is 40.2 Å². The number of aromatic nitrogens is 1. The van der Waals surface area contributed by atoms with Gasteiger partial charge in [0.1, 0.15) is 11.5 Å². The zero-order valence-electron chi connectivity index (χ0n) is 11.3. The van der Waals surface area contributed by atoms with E-state index < -0.39 is 0 Å². The van der Waals surface area contributed by atoms with Crippen molar-refractivity contribution in [3.63, 3.8) is 0 Å². The van der Waals surface area contributed by atoms with Gasteiger partial charge in [-0.2, -0.15) is 0 Å². The van der Waals surface area contributed by atoms with Gasteiger partial charge in [0.15, 0.2) is 0 Å². The molecular formula is C14H16BrN3O2. The average molecular weight is 338 g/mol. The molecule has 0 radical (unpaired) electrons. The molecule has 0 saturated carbocycles. The highest BCUT2D eigenvalue weighted by Gasteiger charge is 2.20. The van der Waals surface area contributed by atoms with Gasteiger partial charge < -0.3 is 9.47 Å². The summed E-state index contributed by atoms with van der Waals surface area (Å²) >= 11 is 3.49. The molecule has 3 N–H and O–H groups in total. The summed E-state index contributed by atoms with van der Waals surface area (Å²) in [6, 6.07) is 9.07. The molecule has 5 nitrogen and oxygen atoms in total. The number of ether oxygens (including phenoxy) is 2. The van der Waals surface area contributed by atoms with Gasteiger partial charge in [0.25, 0.3) is 0 Å². The third-order valence-corrected chi connectivity index (χ3v) is 3.65. The molecule has 1 aromatic heterocycles. The highest BCUT2D eigenvalue weighted by molar-refractivity contribution is 9.10. The molecule has 0 saturated heterocycles. The maximum absolute atomic E-state index is 5.70. The van der Waals surface area contributed by atoms with Crippen LogP contribution in [0, 0.1) is 0 Å². The van der Waals surface area contributed by atoms with E-state index in [0.29, 0.717) is 5.75 Å². The van der Waals surface area contributed by atoms with Crippen LogP contribution in [0.1, 0.15) is 17.3 Å². The molecule has 1 aromatic carbocycles. The van der Waals surface area contributed by atoms with E-state index in [4.69, 9.17) is 15.3 Å². The Morgan fingerprint density at radius 1 is 1.25 bits per heavy atom. The third kappa shape index (κ3) is 2.92. The average Bonchev–Trinajstić information content (AvgIpc) is 2.50. The zero-order chi connectivity index (χ0) is 14.5. The van der Waals surface area contributed by atoms with Gasteiger partial charge in [-0.1, -0.05) is 0 Å². The number of nitrogens with zero attached hydrogens (tertiary/aromatic N) is 1. The summed E-state index contributed by atoms with van der Waals surface area (Å²) in [5, 5.41) is 0. The fourth-order valence-corrected chi connectivity index (χ4v) is 2.47. The number of hydrogen-bond donors (Lipinski definition) is 2. The molecular weight excluding hydrogens is 322 g/mol. The van der Waals surface area contributed by atoms with Crippen LogP contribution in [-0.4, -0.2) is 19.2 Å². The molecule has 2 rings (SSSR count). The van der Waals surface area contributed by atoms with Crippen LogP contribution in [0.15, 0.2) is 41.0 Å². The molecule has 20 heavy (non-hydrogen) atoms. The molecule has 0 aliphatic rings. The Hall–Kier alpha value is -1.63. The van der Waals surface area contributed by atoms with Crippen molar-refractivity contribution in [3.8, 4) is 11.5 Å². The zero-order valence-corrected chi connectivity index (χ0v) is 12.8. The predicted octanol–water partition coefficient (Wildman–Crippen LogP) is 2.41. The van der Waals surface area contributed by atoms with Gasteiger partial charge in [-0.3, -0.25) is 10.8 Å². The van der Waals surface area contributed by atoms with Crippen molar-refractivity contribution in [2.75, 3.05) is 14.2 Å². The first-order valence-electron chi connectivity index (χ1n) is 5.99. The van der Waals surface area contributed by atoms with Crippen molar-refractivity contribution in [2.24, 2.45) is 5.84 Å². The van der Waals surface area contributed by atoms with Crippen LogP contribution in [0.2, 0.25) is 0 Å². The van der Waals surface area contributed by atoms with Crippen LogP contribution in [-0.2, 0) is 0 Å². The molecule has 0 spiro atoms. The second-order valence-corrected chi connectivity index (χ2v) is 4.93. The number of pyridine rings is 1. The number of nitrogens with two attached hydrogens (primary N) is 1. The standard InChI is InChI=1S/C14H16BrN3O2/c1-19-9-5-6-10(12(8-9)20-2)13(18-16)14-11(15)4-3-7-17-14/h3-8,13,18H,16H2,1-2H3. The van der Waals surface area contributed by atoms with Gasteiger partial charge >= 0.3 is 0 Å². The van der Waals surface area contributed by atoms with E-state index in [1.165, 1.54) is 0 Å². The Morgan fingerprint density at radius 2 is 2.05 bits per heavy atom. The lowest BCUT2D eigenvalue weighted by Crippen LogP contribution is -2.30. The van der Waals surface area contributed by atoms with E-state index in [1.807, 2.05) is 30.3 Å². The predicted molar refractivity (Wildman–Crippen MR) is 80.6 cm³/mol. The number of hydrazine groups is 1. The molecule has 6 heteroatoms. The molecule has 0 bridgehead atoms. The Labute approximate surface area is 126 Å². The van der Waals surface area contributed by atoms with Crippen molar-refractivity contribution in [1.82, 2.24) is 10.4 Å². The number of nitrogens with one attached hydrogen (secondary N) is 1. The third-order valence-electron chi connectivity index (χ3n) is 2.98. The topological polar surface area (TPSA) is 69.4 Å². The fourth-order valence-electron chi connectivity index (χ4n) is 1.98. The molecule has 0 aliphatic heterocycles. The van der Waals surface area contributed by atoms with E-state index in [1.54, 1.807) is 20.4 Å². The van der Waals surface area contributed by atoms with Crippen molar-refractivity contribution < 1.29 is 9.47 Å². The van der Waals surface area contributed by atoms with Crippen molar-refractivity contribution in [3.05, 3.63) is 52.3 Å². The number of benzene rings is 1. The minimum atomic E-state index is -0.286. The number of methoxy groups -OCH3 is 2. The summed E-state index contributed by atoms with van der Waals surface area (Å²) in [4.78, 5) is 4.37. The second kappa shape index (κ2) is 6.69. The lowest BCUT2D eigenvalue weighted by atomic mass is 10.0. The summed E-state index contributed by atoms with van der Waals surface area (Å²) in [5.41, 5.74) is 4.45. The number of hydrogen-bond acceptors (Lipinski definition) is 5. The van der Waals surface area contributed by atoms with Crippen LogP contribution in [0.5, 0.6) is 11.5 Å². The van der Waals surface area contributed by atoms with E-state index in [-0.39, 0.29) is 6.04 Å². The molecule has 1 heterocycles. The van der Waals surface area contributed by atoms with Gasteiger partial charge in [0, 0.05) is 22.3 Å². The Morgan fingerprint density at radius 3 is 2.65 bits per heavy atom. The summed E-state index contributed by atoms with van der Waals surface area (Å²) in [6.45, 7) is 0. The first-order valence-corrected chi connectivity index (χ1v) is 6.79. The maximum Gasteiger partial charge on any atom is 0.127 e. The van der Waals surface area contributed by atoms with Crippen LogP contribution >= 0.6 is 15.9 Å². The van der Waals surface area contributed by atoms with E-state index in [2.05, 4.69) is 26.3 Å². The maximum atomic E-state index is 5.70. The molecule has 2 aromatic rings. The highest BCUT2D eigenvalue weighted by Crippen LogP contribution is 2.34.